The molecule has 9 heteroatoms. The van der Waals surface area contributed by atoms with Crippen molar-refractivity contribution >= 4 is 63.8 Å². The van der Waals surface area contributed by atoms with E-state index in [4.69, 9.17) is 23.2 Å². The van der Waals surface area contributed by atoms with E-state index < -0.39 is 5.97 Å². The molecule has 144 valence electrons. The Morgan fingerprint density at radius 3 is 2.54 bits per heavy atom. The average Bonchev–Trinajstić information content (AvgIpc) is 2.94. The molecule has 1 saturated heterocycles. The fraction of sp³-hybridized carbons (Fsp3) is 0.105. The van der Waals surface area contributed by atoms with Crippen molar-refractivity contribution < 1.29 is 19.8 Å². The fourth-order valence-corrected chi connectivity index (χ4v) is 4.09. The van der Waals surface area contributed by atoms with Gasteiger partial charge >= 0.3 is 5.97 Å². The minimum Gasteiger partial charge on any atom is -0.508 e. The summed E-state index contributed by atoms with van der Waals surface area (Å²) in [5.41, 5.74) is 0.495. The largest absolute Gasteiger partial charge is 0.508 e. The number of nitrogens with zero attached hydrogens (tertiary/aromatic N) is 2. The van der Waals surface area contributed by atoms with Crippen LogP contribution in [0.2, 0.25) is 10.0 Å². The van der Waals surface area contributed by atoms with Crippen LogP contribution in [0.5, 0.6) is 5.75 Å². The van der Waals surface area contributed by atoms with Crippen molar-refractivity contribution in [1.29, 1.82) is 0 Å². The molecule has 1 heterocycles. The van der Waals surface area contributed by atoms with Crippen molar-refractivity contribution in [2.75, 3.05) is 6.54 Å². The molecular weight excluding hydrogens is 423 g/mol. The van der Waals surface area contributed by atoms with Crippen molar-refractivity contribution in [3.63, 3.8) is 0 Å². The molecule has 2 aromatic carbocycles. The normalized spacial score (nSPS) is 17.0. The maximum atomic E-state index is 12.8. The number of carboxylic acid groups (broad SMARTS) is 1. The van der Waals surface area contributed by atoms with Crippen LogP contribution < -0.4 is 0 Å². The molecule has 1 amide bonds. The summed E-state index contributed by atoms with van der Waals surface area (Å²) in [6.45, 7) is 2.13. The summed E-state index contributed by atoms with van der Waals surface area (Å²) in [7, 11) is 0. The van der Waals surface area contributed by atoms with Gasteiger partial charge in [0.15, 0.2) is 5.17 Å². The molecule has 0 saturated carbocycles. The second kappa shape index (κ2) is 8.26. The number of thioether (sulfide) groups is 1. The van der Waals surface area contributed by atoms with E-state index >= 15 is 0 Å². The van der Waals surface area contributed by atoms with E-state index in [1.165, 1.54) is 17.0 Å². The standard InChI is InChI=1S/C19H14Cl2N2O4S/c1-2-23-17(25)16(9-11-13(20)4-3-5-14(11)21)28-19(23)22-15-7-6-10(24)8-12(15)18(26)27/h3-9,24H,2H2,1H3,(H,26,27)/b16-9-,22-19?. The van der Waals surface area contributed by atoms with Crippen molar-refractivity contribution in [2.45, 2.75) is 6.92 Å². The number of halogens is 2. The molecule has 1 fully saturated rings. The molecule has 6 nitrogen and oxygen atoms in total. The maximum absolute atomic E-state index is 12.8. The summed E-state index contributed by atoms with van der Waals surface area (Å²) < 4.78 is 0. The lowest BCUT2D eigenvalue weighted by atomic mass is 10.2. The molecule has 3 rings (SSSR count). The molecule has 28 heavy (non-hydrogen) atoms. The van der Waals surface area contributed by atoms with E-state index in [1.54, 1.807) is 31.2 Å². The number of hydrogen-bond acceptors (Lipinski definition) is 5. The molecule has 1 aliphatic rings. The van der Waals surface area contributed by atoms with Gasteiger partial charge in [0.05, 0.1) is 16.2 Å². The van der Waals surface area contributed by atoms with Crippen LogP contribution in [-0.2, 0) is 4.79 Å². The van der Waals surface area contributed by atoms with Crippen molar-refractivity contribution in [1.82, 2.24) is 4.90 Å². The second-order valence-electron chi connectivity index (χ2n) is 5.70. The Bertz CT molecular complexity index is 1020. The van der Waals surface area contributed by atoms with Gasteiger partial charge in [0.2, 0.25) is 0 Å². The van der Waals surface area contributed by atoms with Crippen LogP contribution in [0.3, 0.4) is 0 Å². The minimum absolute atomic E-state index is 0.135. The van der Waals surface area contributed by atoms with E-state index in [2.05, 4.69) is 4.99 Å². The first kappa shape index (κ1) is 20.3. The van der Waals surface area contributed by atoms with Gasteiger partial charge in [0, 0.05) is 22.2 Å². The fourth-order valence-electron chi connectivity index (χ4n) is 2.55. The van der Waals surface area contributed by atoms with Gasteiger partial charge in [0.25, 0.3) is 5.91 Å². The van der Waals surface area contributed by atoms with E-state index in [0.29, 0.717) is 32.2 Å². The van der Waals surface area contributed by atoms with Crippen LogP contribution in [-0.4, -0.2) is 38.7 Å². The van der Waals surface area contributed by atoms with Gasteiger partial charge in [-0.1, -0.05) is 29.3 Å². The molecule has 2 aromatic rings. The average molecular weight is 437 g/mol. The number of amides is 1. The SMILES string of the molecule is CCN1C(=O)/C(=C/c2c(Cl)cccc2Cl)SC1=Nc1ccc(O)cc1C(=O)O. The summed E-state index contributed by atoms with van der Waals surface area (Å²) in [6, 6.07) is 8.89. The van der Waals surface area contributed by atoms with E-state index in [-0.39, 0.29) is 22.9 Å². The van der Waals surface area contributed by atoms with E-state index in [9.17, 15) is 19.8 Å². The van der Waals surface area contributed by atoms with Gasteiger partial charge in [-0.2, -0.15) is 0 Å². The number of aromatic carboxylic acids is 1. The monoisotopic (exact) mass is 436 g/mol. The molecule has 0 bridgehead atoms. The maximum Gasteiger partial charge on any atom is 0.338 e. The molecule has 1 aliphatic heterocycles. The highest BCUT2D eigenvalue weighted by atomic mass is 35.5. The van der Waals surface area contributed by atoms with Crippen molar-refractivity contribution in [3.8, 4) is 5.75 Å². The predicted molar refractivity (Wildman–Crippen MR) is 112 cm³/mol. The van der Waals surface area contributed by atoms with Gasteiger partial charge in [-0.3, -0.25) is 9.69 Å². The van der Waals surface area contributed by atoms with Crippen LogP contribution >= 0.6 is 35.0 Å². The molecule has 0 aliphatic carbocycles. The first-order chi connectivity index (χ1) is 13.3. The molecule has 0 atom stereocenters. The second-order valence-corrected chi connectivity index (χ2v) is 7.52. The number of phenols is 1. The quantitative estimate of drug-likeness (QED) is 0.656. The number of carboxylic acids is 1. The Kier molecular flexibility index (Phi) is 5.98. The number of amidine groups is 1. The van der Waals surface area contributed by atoms with E-state index in [1.807, 2.05) is 0 Å². The summed E-state index contributed by atoms with van der Waals surface area (Å²) >= 11 is 13.5. The van der Waals surface area contributed by atoms with Crippen LogP contribution in [0.4, 0.5) is 5.69 Å². The zero-order chi connectivity index (χ0) is 20.4. The van der Waals surface area contributed by atoms with Crippen molar-refractivity contribution in [2.24, 2.45) is 4.99 Å². The number of carbonyl (C=O) groups is 2. The lowest BCUT2D eigenvalue weighted by Gasteiger charge is -2.12. The van der Waals surface area contributed by atoms with Crippen molar-refractivity contribution in [3.05, 3.63) is 62.5 Å². The molecule has 0 aromatic heterocycles. The smallest absolute Gasteiger partial charge is 0.338 e. The number of aliphatic imine (C=N–C) groups is 1. The predicted octanol–water partition coefficient (Wildman–Crippen LogP) is 5.02. The Morgan fingerprint density at radius 2 is 1.93 bits per heavy atom. The Labute approximate surface area is 175 Å². The number of rotatable bonds is 4. The third-order valence-electron chi connectivity index (χ3n) is 3.91. The summed E-state index contributed by atoms with van der Waals surface area (Å²) in [4.78, 5) is 30.3. The van der Waals surface area contributed by atoms with Crippen LogP contribution in [0.15, 0.2) is 46.3 Å². The molecule has 0 unspecified atom stereocenters. The highest BCUT2D eigenvalue weighted by Gasteiger charge is 2.33. The molecule has 2 N–H and O–H groups in total. The lowest BCUT2D eigenvalue weighted by Crippen LogP contribution is -2.28. The van der Waals surface area contributed by atoms with Gasteiger partial charge < -0.3 is 10.2 Å². The Morgan fingerprint density at radius 1 is 1.25 bits per heavy atom. The number of benzene rings is 2. The molecular formula is C19H14Cl2N2O4S. The third-order valence-corrected chi connectivity index (χ3v) is 5.57. The highest BCUT2D eigenvalue weighted by Crippen LogP contribution is 2.37. The van der Waals surface area contributed by atoms with E-state index in [0.717, 1.165) is 17.8 Å². The van der Waals surface area contributed by atoms with Crippen LogP contribution in [0.1, 0.15) is 22.8 Å². The zero-order valence-electron chi connectivity index (χ0n) is 14.5. The van der Waals surface area contributed by atoms with Crippen LogP contribution in [0.25, 0.3) is 6.08 Å². The number of phenolic OH excluding ortho intramolecular Hbond substituents is 1. The van der Waals surface area contributed by atoms with Gasteiger partial charge in [-0.05, 0) is 55.1 Å². The topological polar surface area (TPSA) is 90.2 Å². The summed E-state index contributed by atoms with van der Waals surface area (Å²) in [5.74, 6) is -1.69. The summed E-state index contributed by atoms with van der Waals surface area (Å²) in [6.07, 6.45) is 1.60. The summed E-state index contributed by atoms with van der Waals surface area (Å²) in [5, 5.41) is 20.0. The molecule has 0 radical (unpaired) electrons. The number of aromatic hydroxyl groups is 1. The first-order valence-electron chi connectivity index (χ1n) is 8.12. The first-order valence-corrected chi connectivity index (χ1v) is 9.69. The molecule has 0 spiro atoms. The minimum atomic E-state index is -1.23. The number of likely N-dealkylation sites (N-methyl/N-ethyl adjacent to an activating group) is 1. The number of hydrogen-bond donors (Lipinski definition) is 2. The lowest BCUT2D eigenvalue weighted by molar-refractivity contribution is -0.122. The Hall–Kier alpha value is -2.48. The van der Waals surface area contributed by atoms with Crippen LogP contribution in [0, 0.1) is 0 Å². The van der Waals surface area contributed by atoms with Gasteiger partial charge in [-0.15, -0.1) is 0 Å². The zero-order valence-corrected chi connectivity index (χ0v) is 16.8. The van der Waals surface area contributed by atoms with Gasteiger partial charge in [-0.25, -0.2) is 9.79 Å². The van der Waals surface area contributed by atoms with Gasteiger partial charge in [0.1, 0.15) is 5.75 Å². The highest BCUT2D eigenvalue weighted by molar-refractivity contribution is 8.18. The third kappa shape index (κ3) is 4.01. The number of carbonyl (C=O) groups excluding carboxylic acids is 1. The Balaban J connectivity index is 2.05.